The molecule has 20 heavy (non-hydrogen) atoms. The quantitative estimate of drug-likeness (QED) is 0.851. The van der Waals surface area contributed by atoms with E-state index in [-0.39, 0.29) is 0 Å². The van der Waals surface area contributed by atoms with E-state index in [1.165, 1.54) is 18.5 Å². The Morgan fingerprint density at radius 1 is 1.35 bits per heavy atom. The molecule has 0 bridgehead atoms. The van der Waals surface area contributed by atoms with Gasteiger partial charge in [-0.15, -0.1) is 0 Å². The van der Waals surface area contributed by atoms with Gasteiger partial charge in [-0.25, -0.2) is 4.98 Å². The van der Waals surface area contributed by atoms with Crippen molar-refractivity contribution in [2.24, 2.45) is 5.73 Å². The molecule has 1 aliphatic heterocycles. The second kappa shape index (κ2) is 7.45. The minimum Gasteiger partial charge on any atom is -0.481 e. The molecule has 1 aliphatic rings. The number of rotatable bonds is 6. The molecule has 0 amide bonds. The fourth-order valence-electron chi connectivity index (χ4n) is 2.84. The Hall–Kier alpha value is -1.33. The number of nitrogens with two attached hydrogens (primary N) is 1. The van der Waals surface area contributed by atoms with Gasteiger partial charge in [-0.2, -0.15) is 0 Å². The minimum atomic E-state index is 0.536. The van der Waals surface area contributed by atoms with Gasteiger partial charge in [0.2, 0.25) is 5.88 Å². The molecule has 1 saturated heterocycles. The van der Waals surface area contributed by atoms with Crippen LogP contribution in [-0.2, 0) is 0 Å². The summed E-state index contributed by atoms with van der Waals surface area (Å²) < 4.78 is 5.19. The van der Waals surface area contributed by atoms with Crippen LogP contribution in [0.2, 0.25) is 0 Å². The lowest BCUT2D eigenvalue weighted by Gasteiger charge is -2.40. The van der Waals surface area contributed by atoms with Gasteiger partial charge in [-0.1, -0.05) is 13.3 Å². The molecule has 1 aromatic rings. The van der Waals surface area contributed by atoms with E-state index in [0.717, 1.165) is 32.7 Å². The summed E-state index contributed by atoms with van der Waals surface area (Å²) in [5.41, 5.74) is 7.08. The fourth-order valence-corrected chi connectivity index (χ4v) is 2.84. The second-order valence-corrected chi connectivity index (χ2v) is 5.26. The van der Waals surface area contributed by atoms with E-state index in [2.05, 4.69) is 21.7 Å². The van der Waals surface area contributed by atoms with Crippen molar-refractivity contribution in [2.45, 2.75) is 25.8 Å². The van der Waals surface area contributed by atoms with Crippen molar-refractivity contribution in [2.75, 3.05) is 44.7 Å². The molecule has 112 valence electrons. The highest BCUT2D eigenvalue weighted by atomic mass is 16.5. The number of ether oxygens (including phenoxy) is 1. The van der Waals surface area contributed by atoms with E-state index in [0.29, 0.717) is 11.9 Å². The fraction of sp³-hybridized carbons (Fsp3) is 0.667. The Morgan fingerprint density at radius 2 is 2.10 bits per heavy atom. The van der Waals surface area contributed by atoms with E-state index in [1.54, 1.807) is 13.3 Å². The van der Waals surface area contributed by atoms with Gasteiger partial charge in [-0.3, -0.25) is 4.90 Å². The molecule has 0 saturated carbocycles. The maximum absolute atomic E-state index is 5.89. The highest BCUT2D eigenvalue weighted by Gasteiger charge is 2.22. The molecule has 5 heteroatoms. The predicted octanol–water partition coefficient (Wildman–Crippen LogP) is 1.34. The summed E-state index contributed by atoms with van der Waals surface area (Å²) in [4.78, 5) is 9.07. The second-order valence-electron chi connectivity index (χ2n) is 5.26. The third-order valence-electron chi connectivity index (χ3n) is 4.02. The van der Waals surface area contributed by atoms with Crippen molar-refractivity contribution in [3.63, 3.8) is 0 Å². The Labute approximate surface area is 121 Å². The zero-order valence-electron chi connectivity index (χ0n) is 12.6. The van der Waals surface area contributed by atoms with E-state index < -0.39 is 0 Å². The maximum Gasteiger partial charge on any atom is 0.214 e. The number of hydrogen-bond donors (Lipinski definition) is 1. The van der Waals surface area contributed by atoms with Gasteiger partial charge in [0.15, 0.2) is 0 Å². The highest BCUT2D eigenvalue weighted by molar-refractivity contribution is 5.48. The first-order valence-electron chi connectivity index (χ1n) is 7.47. The van der Waals surface area contributed by atoms with Gasteiger partial charge in [0, 0.05) is 56.7 Å². The molecular formula is C15H26N4O. The lowest BCUT2D eigenvalue weighted by atomic mass is 10.1. The molecule has 2 N–H and O–H groups in total. The highest BCUT2D eigenvalue weighted by Crippen LogP contribution is 2.21. The Morgan fingerprint density at radius 3 is 2.70 bits per heavy atom. The van der Waals surface area contributed by atoms with Crippen LogP contribution < -0.4 is 15.4 Å². The van der Waals surface area contributed by atoms with Crippen LogP contribution in [0.3, 0.4) is 0 Å². The average Bonchev–Trinajstić information content (AvgIpc) is 2.53. The van der Waals surface area contributed by atoms with Crippen molar-refractivity contribution in [1.29, 1.82) is 0 Å². The van der Waals surface area contributed by atoms with E-state index in [4.69, 9.17) is 10.5 Å². The predicted molar refractivity (Wildman–Crippen MR) is 82.3 cm³/mol. The zero-order valence-corrected chi connectivity index (χ0v) is 12.6. The summed E-state index contributed by atoms with van der Waals surface area (Å²) in [7, 11) is 1.65. The van der Waals surface area contributed by atoms with Gasteiger partial charge in [0.25, 0.3) is 0 Å². The van der Waals surface area contributed by atoms with Crippen LogP contribution in [0.25, 0.3) is 0 Å². The molecular weight excluding hydrogens is 252 g/mol. The number of hydrogen-bond acceptors (Lipinski definition) is 5. The zero-order chi connectivity index (χ0) is 14.4. The van der Waals surface area contributed by atoms with Crippen LogP contribution >= 0.6 is 0 Å². The first-order chi connectivity index (χ1) is 9.78. The van der Waals surface area contributed by atoms with Crippen LogP contribution in [0.4, 0.5) is 5.69 Å². The summed E-state index contributed by atoms with van der Waals surface area (Å²) in [5.74, 6) is 0.677. The summed E-state index contributed by atoms with van der Waals surface area (Å²) in [5, 5.41) is 0. The van der Waals surface area contributed by atoms with Crippen LogP contribution in [0.15, 0.2) is 18.3 Å². The van der Waals surface area contributed by atoms with Crippen molar-refractivity contribution >= 4 is 5.69 Å². The third-order valence-corrected chi connectivity index (χ3v) is 4.02. The van der Waals surface area contributed by atoms with E-state index in [9.17, 15) is 0 Å². The van der Waals surface area contributed by atoms with Gasteiger partial charge in [0.05, 0.1) is 7.11 Å². The Kier molecular flexibility index (Phi) is 5.61. The van der Waals surface area contributed by atoms with Crippen LogP contribution in [-0.4, -0.2) is 55.8 Å². The summed E-state index contributed by atoms with van der Waals surface area (Å²) in [6.45, 7) is 7.21. The van der Waals surface area contributed by atoms with Gasteiger partial charge < -0.3 is 15.4 Å². The number of methoxy groups -OCH3 is 1. The monoisotopic (exact) mass is 278 g/mol. The Balaban J connectivity index is 1.93. The molecule has 1 fully saturated rings. The molecule has 0 radical (unpaired) electrons. The molecule has 1 unspecified atom stereocenters. The van der Waals surface area contributed by atoms with Crippen molar-refractivity contribution in [3.8, 4) is 5.88 Å². The Bertz CT molecular complexity index is 405. The molecule has 0 aromatic carbocycles. The molecule has 1 atom stereocenters. The number of anilines is 1. The smallest absolute Gasteiger partial charge is 0.214 e. The summed E-state index contributed by atoms with van der Waals surface area (Å²) in [6, 6.07) is 4.58. The first kappa shape index (κ1) is 15.1. The standard InChI is InChI=1S/C15H26N4O/c1-3-4-14(12-16)19-9-7-18(8-10-19)13-5-6-17-15(11-13)20-2/h5-6,11,14H,3-4,7-10,12,16H2,1-2H3. The third kappa shape index (κ3) is 3.61. The number of nitrogens with zero attached hydrogens (tertiary/aromatic N) is 3. The van der Waals surface area contributed by atoms with Crippen LogP contribution in [0.5, 0.6) is 5.88 Å². The maximum atomic E-state index is 5.89. The normalized spacial score (nSPS) is 18.1. The number of piperazine rings is 1. The molecule has 0 spiro atoms. The first-order valence-corrected chi connectivity index (χ1v) is 7.47. The molecule has 2 heterocycles. The lowest BCUT2D eigenvalue weighted by molar-refractivity contribution is 0.179. The van der Waals surface area contributed by atoms with Gasteiger partial charge >= 0.3 is 0 Å². The van der Waals surface area contributed by atoms with E-state index in [1.807, 2.05) is 12.1 Å². The minimum absolute atomic E-state index is 0.536. The topological polar surface area (TPSA) is 54.6 Å². The lowest BCUT2D eigenvalue weighted by Crippen LogP contribution is -2.52. The molecule has 5 nitrogen and oxygen atoms in total. The van der Waals surface area contributed by atoms with Crippen LogP contribution in [0, 0.1) is 0 Å². The molecule has 0 aliphatic carbocycles. The van der Waals surface area contributed by atoms with E-state index >= 15 is 0 Å². The van der Waals surface area contributed by atoms with Crippen molar-refractivity contribution in [1.82, 2.24) is 9.88 Å². The summed E-state index contributed by atoms with van der Waals surface area (Å²) >= 11 is 0. The molecule has 2 rings (SSSR count). The molecule has 1 aromatic heterocycles. The van der Waals surface area contributed by atoms with Crippen molar-refractivity contribution < 1.29 is 4.74 Å². The SMILES string of the molecule is CCCC(CN)N1CCN(c2ccnc(OC)c2)CC1. The van der Waals surface area contributed by atoms with Gasteiger partial charge in [-0.05, 0) is 12.5 Å². The van der Waals surface area contributed by atoms with Crippen LogP contribution in [0.1, 0.15) is 19.8 Å². The number of aromatic nitrogens is 1. The van der Waals surface area contributed by atoms with Gasteiger partial charge in [0.1, 0.15) is 0 Å². The number of pyridine rings is 1. The summed E-state index contributed by atoms with van der Waals surface area (Å²) in [6.07, 6.45) is 4.20. The average molecular weight is 278 g/mol. The van der Waals surface area contributed by atoms with Crippen molar-refractivity contribution in [3.05, 3.63) is 18.3 Å². The largest absolute Gasteiger partial charge is 0.481 e.